The van der Waals surface area contributed by atoms with Crippen LogP contribution in [0.3, 0.4) is 0 Å². The topological polar surface area (TPSA) is 49.4 Å². The molecule has 4 nitrogen and oxygen atoms in total. The van der Waals surface area contributed by atoms with Gasteiger partial charge in [-0.1, -0.05) is 6.07 Å². The number of carbonyl (C=O) groups excluding carboxylic acids is 2. The largest absolute Gasteiger partial charge is 0.314 e. The molecule has 19 heavy (non-hydrogen) atoms. The van der Waals surface area contributed by atoms with Gasteiger partial charge in [-0.3, -0.25) is 9.59 Å². The minimum absolute atomic E-state index is 0.143. The van der Waals surface area contributed by atoms with Gasteiger partial charge in [0.25, 0.3) is 11.7 Å². The van der Waals surface area contributed by atoms with E-state index in [0.29, 0.717) is 19.0 Å². The van der Waals surface area contributed by atoms with Crippen molar-refractivity contribution >= 4 is 17.4 Å². The van der Waals surface area contributed by atoms with Gasteiger partial charge in [0.15, 0.2) is 0 Å². The summed E-state index contributed by atoms with van der Waals surface area (Å²) in [7, 11) is 0. The van der Waals surface area contributed by atoms with Crippen LogP contribution < -0.4 is 10.2 Å². The number of ketones is 1. The molecule has 1 heterocycles. The second-order valence-electron chi connectivity index (χ2n) is 5.00. The monoisotopic (exact) mass is 262 g/mol. The molecule has 1 amide bonds. The minimum Gasteiger partial charge on any atom is -0.314 e. The molecule has 0 aromatic heterocycles. The van der Waals surface area contributed by atoms with Crippen molar-refractivity contribution in [3.63, 3.8) is 0 Å². The normalized spacial score (nSPS) is 18.1. The Balaban J connectivity index is 1.70. The first kappa shape index (κ1) is 12.3. The Morgan fingerprint density at radius 3 is 2.84 bits per heavy atom. The van der Waals surface area contributed by atoms with E-state index in [4.69, 9.17) is 0 Å². The predicted molar refractivity (Wildman–Crippen MR) is 68.7 cm³/mol. The molecule has 0 saturated heterocycles. The SMILES string of the molecule is O=C1C(=O)N(CCCNC2CC2)c2c(F)cccc21. The van der Waals surface area contributed by atoms with Crippen LogP contribution in [-0.2, 0) is 4.79 Å². The standard InChI is InChI=1S/C14H15FN2O2/c15-11-4-1-3-10-12(11)17(14(19)13(10)18)8-2-7-16-9-5-6-9/h1,3-4,9,16H,2,5-8H2. The summed E-state index contributed by atoms with van der Waals surface area (Å²) in [5, 5.41) is 3.33. The van der Waals surface area contributed by atoms with Gasteiger partial charge in [-0.2, -0.15) is 0 Å². The lowest BCUT2D eigenvalue weighted by atomic mass is 10.1. The molecule has 0 atom stereocenters. The zero-order chi connectivity index (χ0) is 13.4. The maximum Gasteiger partial charge on any atom is 0.299 e. The first-order valence-corrected chi connectivity index (χ1v) is 6.56. The van der Waals surface area contributed by atoms with Crippen LogP contribution in [0.25, 0.3) is 0 Å². The fourth-order valence-electron chi connectivity index (χ4n) is 2.36. The number of para-hydroxylation sites is 1. The molecule has 2 aliphatic rings. The first-order valence-electron chi connectivity index (χ1n) is 6.56. The zero-order valence-corrected chi connectivity index (χ0v) is 10.5. The van der Waals surface area contributed by atoms with Gasteiger partial charge >= 0.3 is 0 Å². The molecule has 1 aliphatic heterocycles. The number of amides is 1. The summed E-state index contributed by atoms with van der Waals surface area (Å²) >= 11 is 0. The van der Waals surface area contributed by atoms with Crippen molar-refractivity contribution in [2.45, 2.75) is 25.3 Å². The fourth-order valence-corrected chi connectivity index (χ4v) is 2.36. The number of hydrogen-bond donors (Lipinski definition) is 1. The molecule has 1 N–H and O–H groups in total. The van der Waals surface area contributed by atoms with Crippen LogP contribution in [0.1, 0.15) is 29.6 Å². The van der Waals surface area contributed by atoms with Crippen molar-refractivity contribution < 1.29 is 14.0 Å². The van der Waals surface area contributed by atoms with Crippen molar-refractivity contribution in [2.75, 3.05) is 18.0 Å². The number of Topliss-reactive ketones (excluding diaryl/α,β-unsaturated/α-hetero) is 1. The molecule has 100 valence electrons. The summed E-state index contributed by atoms with van der Waals surface area (Å²) in [5.74, 6) is -1.73. The first-order chi connectivity index (χ1) is 9.18. The Bertz CT molecular complexity index is 540. The van der Waals surface area contributed by atoms with Crippen LogP contribution >= 0.6 is 0 Å². The smallest absolute Gasteiger partial charge is 0.299 e. The van der Waals surface area contributed by atoms with Gasteiger partial charge in [-0.15, -0.1) is 0 Å². The molecule has 3 rings (SSSR count). The number of carbonyl (C=O) groups is 2. The summed E-state index contributed by atoms with van der Waals surface area (Å²) < 4.78 is 13.8. The summed E-state index contributed by atoms with van der Waals surface area (Å²) in [6.45, 7) is 1.16. The number of anilines is 1. The molecular formula is C14H15FN2O2. The number of fused-ring (bicyclic) bond motifs is 1. The summed E-state index contributed by atoms with van der Waals surface area (Å²) in [4.78, 5) is 24.8. The quantitative estimate of drug-likeness (QED) is 0.646. The van der Waals surface area contributed by atoms with Gasteiger partial charge in [0.05, 0.1) is 11.3 Å². The maximum absolute atomic E-state index is 13.8. The van der Waals surface area contributed by atoms with Gasteiger partial charge < -0.3 is 10.2 Å². The molecule has 0 unspecified atom stereocenters. The van der Waals surface area contributed by atoms with Gasteiger partial charge in [0.1, 0.15) is 5.82 Å². The number of hydrogen-bond acceptors (Lipinski definition) is 3. The van der Waals surface area contributed by atoms with Gasteiger partial charge in [0, 0.05) is 12.6 Å². The summed E-state index contributed by atoms with van der Waals surface area (Å²) in [5.41, 5.74) is 0.323. The molecule has 0 spiro atoms. The molecule has 1 aromatic carbocycles. The maximum atomic E-state index is 13.8. The lowest BCUT2D eigenvalue weighted by molar-refractivity contribution is -0.114. The van der Waals surface area contributed by atoms with Crippen molar-refractivity contribution in [3.05, 3.63) is 29.6 Å². The van der Waals surface area contributed by atoms with Crippen molar-refractivity contribution in [2.24, 2.45) is 0 Å². The van der Waals surface area contributed by atoms with E-state index in [1.54, 1.807) is 0 Å². The average molecular weight is 262 g/mol. The fraction of sp³-hybridized carbons (Fsp3) is 0.429. The average Bonchev–Trinajstić information content (AvgIpc) is 3.18. The highest BCUT2D eigenvalue weighted by Crippen LogP contribution is 2.31. The van der Waals surface area contributed by atoms with Crippen LogP contribution in [0, 0.1) is 5.82 Å². The van der Waals surface area contributed by atoms with Crippen LogP contribution in [0.2, 0.25) is 0 Å². The van der Waals surface area contributed by atoms with Crippen molar-refractivity contribution in [1.29, 1.82) is 0 Å². The number of nitrogens with zero attached hydrogens (tertiary/aromatic N) is 1. The lowest BCUT2D eigenvalue weighted by Crippen LogP contribution is -2.33. The molecule has 1 aromatic rings. The van der Waals surface area contributed by atoms with Crippen molar-refractivity contribution in [3.8, 4) is 0 Å². The molecular weight excluding hydrogens is 247 g/mol. The van der Waals surface area contributed by atoms with E-state index in [9.17, 15) is 14.0 Å². The van der Waals surface area contributed by atoms with Crippen LogP contribution in [0.15, 0.2) is 18.2 Å². The highest BCUT2D eigenvalue weighted by atomic mass is 19.1. The zero-order valence-electron chi connectivity index (χ0n) is 10.5. The Morgan fingerprint density at radius 1 is 1.32 bits per heavy atom. The van der Waals surface area contributed by atoms with E-state index >= 15 is 0 Å². The second-order valence-corrected chi connectivity index (χ2v) is 5.00. The Hall–Kier alpha value is -1.75. The number of rotatable bonds is 5. The van der Waals surface area contributed by atoms with E-state index < -0.39 is 17.5 Å². The molecule has 1 fully saturated rings. The Morgan fingerprint density at radius 2 is 2.11 bits per heavy atom. The van der Waals surface area contributed by atoms with Crippen LogP contribution in [0.4, 0.5) is 10.1 Å². The number of benzene rings is 1. The summed E-state index contributed by atoms with van der Waals surface area (Å²) in [6, 6.07) is 4.85. The third-order valence-electron chi connectivity index (χ3n) is 3.51. The molecule has 0 bridgehead atoms. The van der Waals surface area contributed by atoms with Crippen LogP contribution in [-0.4, -0.2) is 30.8 Å². The highest BCUT2D eigenvalue weighted by molar-refractivity contribution is 6.52. The van der Waals surface area contributed by atoms with E-state index in [2.05, 4.69) is 5.32 Å². The van der Waals surface area contributed by atoms with E-state index in [0.717, 1.165) is 6.54 Å². The lowest BCUT2D eigenvalue weighted by Gasteiger charge is -2.17. The van der Waals surface area contributed by atoms with E-state index in [-0.39, 0.29) is 11.3 Å². The predicted octanol–water partition coefficient (Wildman–Crippen LogP) is 1.50. The molecule has 5 heteroatoms. The Labute approximate surface area is 110 Å². The third-order valence-corrected chi connectivity index (χ3v) is 3.51. The second kappa shape index (κ2) is 4.74. The van der Waals surface area contributed by atoms with E-state index in [1.165, 1.54) is 35.9 Å². The highest BCUT2D eigenvalue weighted by Gasteiger charge is 2.37. The summed E-state index contributed by atoms with van der Waals surface area (Å²) in [6.07, 6.45) is 3.13. The third kappa shape index (κ3) is 2.26. The number of nitrogens with one attached hydrogen (secondary N) is 1. The van der Waals surface area contributed by atoms with Gasteiger partial charge in [0.2, 0.25) is 0 Å². The van der Waals surface area contributed by atoms with E-state index in [1.807, 2.05) is 0 Å². The Kier molecular flexibility index (Phi) is 3.06. The number of halogens is 1. The van der Waals surface area contributed by atoms with Crippen molar-refractivity contribution in [1.82, 2.24) is 5.32 Å². The van der Waals surface area contributed by atoms with Gasteiger partial charge in [-0.25, -0.2) is 4.39 Å². The molecule has 1 aliphatic carbocycles. The van der Waals surface area contributed by atoms with Crippen LogP contribution in [0.5, 0.6) is 0 Å². The molecule has 0 radical (unpaired) electrons. The minimum atomic E-state index is -0.619. The van der Waals surface area contributed by atoms with Gasteiger partial charge in [-0.05, 0) is 37.9 Å². The molecule has 1 saturated carbocycles.